The number of allylic oxidation sites excluding steroid dienone is 5. The second-order valence-electron chi connectivity index (χ2n) is 9.27. The predicted octanol–water partition coefficient (Wildman–Crippen LogP) is 10.1. The third kappa shape index (κ3) is 9.23. The molecule has 34 heavy (non-hydrogen) atoms. The first kappa shape index (κ1) is 31.2. The minimum Gasteiger partial charge on any atom is -0.115 e. The molecule has 2 aromatic carbocycles. The van der Waals surface area contributed by atoms with E-state index in [9.17, 15) is 0 Å². The Hall–Kier alpha value is -2.78. The quantitative estimate of drug-likeness (QED) is 0.299. The van der Waals surface area contributed by atoms with Gasteiger partial charge in [-0.25, -0.2) is 0 Å². The smallest absolute Gasteiger partial charge is 0.00255 e. The summed E-state index contributed by atoms with van der Waals surface area (Å²) in [7, 11) is 0. The number of benzene rings is 2. The number of hydrogen-bond donors (Lipinski definition) is 0. The molecule has 0 unspecified atom stereocenters. The molecule has 0 heterocycles. The molecule has 2 rings (SSSR count). The highest BCUT2D eigenvalue weighted by Crippen LogP contribution is 2.29. The molecule has 0 aliphatic carbocycles. The highest BCUT2D eigenvalue weighted by Gasteiger charge is 2.15. The Kier molecular flexibility index (Phi) is 13.9. The van der Waals surface area contributed by atoms with Crippen molar-refractivity contribution in [3.05, 3.63) is 94.1 Å². The summed E-state index contributed by atoms with van der Waals surface area (Å²) in [6.45, 7) is 27.9. The Labute approximate surface area is 211 Å². The van der Waals surface area contributed by atoms with Crippen LogP contribution >= 0.6 is 0 Å². The average Bonchev–Trinajstić information content (AvgIpc) is 2.83. The van der Waals surface area contributed by atoms with Crippen LogP contribution in [-0.2, 0) is 18.3 Å². The molecule has 0 saturated carbocycles. The average molecular weight is 457 g/mol. The van der Waals surface area contributed by atoms with Crippen molar-refractivity contribution >= 4 is 11.1 Å². The number of hydrogen-bond acceptors (Lipinski definition) is 0. The molecule has 0 aliphatic heterocycles. The summed E-state index contributed by atoms with van der Waals surface area (Å²) in [5.41, 5.74) is 11.7. The molecule has 0 aromatic heterocycles. The van der Waals surface area contributed by atoms with Crippen molar-refractivity contribution in [2.24, 2.45) is 0 Å². The lowest BCUT2D eigenvalue weighted by Gasteiger charge is -2.21. The standard InChI is InChI=1S/C30H36.2C2H6/c1-10-12-13-22(4)24(6)29-15-14-27(20-26(29)11-2)23(5)18-25-16-21(3)17-28(19-25)30(7,8)9;2*1-2/h1,12-17,19-20H,5,11,18H2,2-4,6-9H3;2*1-2H3/b13-12-,24-22+;;. The molecule has 184 valence electrons. The summed E-state index contributed by atoms with van der Waals surface area (Å²) in [4.78, 5) is 0. The zero-order valence-electron chi connectivity index (χ0n) is 23.8. The second kappa shape index (κ2) is 15.2. The van der Waals surface area contributed by atoms with Crippen LogP contribution in [0.15, 0.2) is 60.7 Å². The fraction of sp³-hybridized carbons (Fsp3) is 0.412. The van der Waals surface area contributed by atoms with E-state index in [-0.39, 0.29) is 5.41 Å². The first-order valence-electron chi connectivity index (χ1n) is 12.8. The van der Waals surface area contributed by atoms with Gasteiger partial charge in [0, 0.05) is 0 Å². The third-order valence-electron chi connectivity index (χ3n) is 5.74. The van der Waals surface area contributed by atoms with Crippen LogP contribution in [0.4, 0.5) is 0 Å². The topological polar surface area (TPSA) is 0 Å². The summed E-state index contributed by atoms with van der Waals surface area (Å²) in [6, 6.07) is 13.7. The summed E-state index contributed by atoms with van der Waals surface area (Å²) in [5.74, 6) is 2.57. The summed E-state index contributed by atoms with van der Waals surface area (Å²) in [6.07, 6.45) is 11.0. The van der Waals surface area contributed by atoms with Gasteiger partial charge in [-0.1, -0.05) is 116 Å². The van der Waals surface area contributed by atoms with Crippen LogP contribution in [0.1, 0.15) is 103 Å². The van der Waals surface area contributed by atoms with E-state index in [2.05, 4.69) is 97.4 Å². The Bertz CT molecular complexity index is 1030. The maximum atomic E-state index is 5.36. The van der Waals surface area contributed by atoms with Crippen LogP contribution in [0, 0.1) is 19.3 Å². The van der Waals surface area contributed by atoms with Crippen LogP contribution in [0.3, 0.4) is 0 Å². The number of rotatable bonds is 6. The molecule has 0 spiro atoms. The fourth-order valence-corrected chi connectivity index (χ4v) is 3.73. The summed E-state index contributed by atoms with van der Waals surface area (Å²) < 4.78 is 0. The van der Waals surface area contributed by atoms with E-state index in [1.54, 1.807) is 6.08 Å². The normalized spacial score (nSPS) is 11.5. The lowest BCUT2D eigenvalue weighted by Crippen LogP contribution is -2.12. The fourth-order valence-electron chi connectivity index (χ4n) is 3.73. The molecular weight excluding hydrogens is 408 g/mol. The second-order valence-corrected chi connectivity index (χ2v) is 9.27. The summed E-state index contributed by atoms with van der Waals surface area (Å²) >= 11 is 0. The molecule has 0 aliphatic rings. The maximum Gasteiger partial charge on any atom is -0.00255 e. The molecule has 0 N–H and O–H groups in total. The van der Waals surface area contributed by atoms with Crippen molar-refractivity contribution in [2.45, 2.75) is 94.4 Å². The van der Waals surface area contributed by atoms with E-state index in [0.717, 1.165) is 18.4 Å². The van der Waals surface area contributed by atoms with Gasteiger partial charge in [0.2, 0.25) is 0 Å². The van der Waals surface area contributed by atoms with Crippen molar-refractivity contribution < 1.29 is 0 Å². The van der Waals surface area contributed by atoms with Crippen molar-refractivity contribution in [3.8, 4) is 12.3 Å². The van der Waals surface area contributed by atoms with Gasteiger partial charge in [-0.05, 0) is 89.6 Å². The van der Waals surface area contributed by atoms with Crippen molar-refractivity contribution in [3.63, 3.8) is 0 Å². The van der Waals surface area contributed by atoms with Gasteiger partial charge in [-0.2, -0.15) is 0 Å². The molecule has 0 amide bonds. The first-order valence-corrected chi connectivity index (χ1v) is 12.8. The van der Waals surface area contributed by atoms with Gasteiger partial charge < -0.3 is 0 Å². The van der Waals surface area contributed by atoms with E-state index in [4.69, 9.17) is 6.42 Å². The molecule has 0 saturated heterocycles. The van der Waals surface area contributed by atoms with E-state index in [1.807, 2.05) is 33.8 Å². The minimum absolute atomic E-state index is 0.148. The highest BCUT2D eigenvalue weighted by molar-refractivity contribution is 5.75. The Morgan fingerprint density at radius 2 is 1.62 bits per heavy atom. The third-order valence-corrected chi connectivity index (χ3v) is 5.74. The van der Waals surface area contributed by atoms with E-state index in [1.165, 1.54) is 44.5 Å². The molecule has 0 radical (unpaired) electrons. The number of terminal acetylenes is 1. The molecule has 2 aromatic rings. The van der Waals surface area contributed by atoms with Crippen LogP contribution in [-0.4, -0.2) is 0 Å². The summed E-state index contributed by atoms with van der Waals surface area (Å²) in [5, 5.41) is 0. The molecule has 0 atom stereocenters. The van der Waals surface area contributed by atoms with Crippen molar-refractivity contribution in [1.29, 1.82) is 0 Å². The minimum atomic E-state index is 0.148. The van der Waals surface area contributed by atoms with Crippen LogP contribution in [0.2, 0.25) is 0 Å². The van der Waals surface area contributed by atoms with Crippen LogP contribution in [0.5, 0.6) is 0 Å². The molecule has 0 bridgehead atoms. The van der Waals surface area contributed by atoms with E-state index in [0.29, 0.717) is 0 Å². The van der Waals surface area contributed by atoms with Gasteiger partial charge in [0.05, 0.1) is 0 Å². The molecule has 0 heteroatoms. The van der Waals surface area contributed by atoms with Crippen LogP contribution < -0.4 is 0 Å². The van der Waals surface area contributed by atoms with Gasteiger partial charge in [-0.3, -0.25) is 0 Å². The zero-order chi connectivity index (χ0) is 26.5. The van der Waals surface area contributed by atoms with Crippen molar-refractivity contribution in [1.82, 2.24) is 0 Å². The van der Waals surface area contributed by atoms with Crippen molar-refractivity contribution in [2.75, 3.05) is 0 Å². The lowest BCUT2D eigenvalue weighted by atomic mass is 9.84. The monoisotopic (exact) mass is 456 g/mol. The molecular formula is C34H48. The van der Waals surface area contributed by atoms with Gasteiger partial charge in [0.25, 0.3) is 0 Å². The largest absolute Gasteiger partial charge is 0.115 e. The Balaban J connectivity index is 0.00000258. The molecule has 0 nitrogen and oxygen atoms in total. The lowest BCUT2D eigenvalue weighted by molar-refractivity contribution is 0.589. The van der Waals surface area contributed by atoms with Gasteiger partial charge >= 0.3 is 0 Å². The first-order chi connectivity index (χ1) is 16.1. The van der Waals surface area contributed by atoms with Gasteiger partial charge in [0.15, 0.2) is 0 Å². The van der Waals surface area contributed by atoms with E-state index >= 15 is 0 Å². The zero-order valence-corrected chi connectivity index (χ0v) is 23.8. The Morgan fingerprint density at radius 1 is 1.00 bits per heavy atom. The van der Waals surface area contributed by atoms with E-state index < -0.39 is 0 Å². The van der Waals surface area contributed by atoms with Gasteiger partial charge in [-0.15, -0.1) is 6.42 Å². The predicted molar refractivity (Wildman–Crippen MR) is 157 cm³/mol. The molecule has 0 fully saturated rings. The van der Waals surface area contributed by atoms with Gasteiger partial charge in [0.1, 0.15) is 0 Å². The SMILES string of the molecule is C#C/C=C\C(C)=C(/C)c1ccc(C(=C)Cc2cc(C)cc(C(C)(C)C)c2)cc1CC.CC.CC. The maximum absolute atomic E-state index is 5.36. The number of aryl methyl sites for hydroxylation is 2. The Morgan fingerprint density at radius 3 is 2.15 bits per heavy atom. The van der Waals surface area contributed by atoms with Crippen LogP contribution in [0.25, 0.3) is 11.1 Å². The highest BCUT2D eigenvalue weighted by atomic mass is 14.2.